The molecule has 0 atom stereocenters. The Kier molecular flexibility index (Phi) is 4.91. The number of nitrogens with zero attached hydrogens (tertiary/aromatic N) is 2. The molecule has 2 aromatic rings. The van der Waals surface area contributed by atoms with E-state index < -0.39 is 0 Å². The van der Waals surface area contributed by atoms with E-state index in [1.807, 2.05) is 57.2 Å². The third-order valence-electron chi connectivity index (χ3n) is 4.01. The SMILES string of the molecule is CC1=CC(=C(N=Nc2ccc(C)cc2)c2ccc(C)s2)C=C(C)C1=O. The summed E-state index contributed by atoms with van der Waals surface area (Å²) in [6, 6.07) is 12.1. The van der Waals surface area contributed by atoms with Crippen molar-refractivity contribution in [2.75, 3.05) is 0 Å². The first-order valence-electron chi connectivity index (χ1n) is 8.15. The second kappa shape index (κ2) is 7.11. The van der Waals surface area contributed by atoms with Gasteiger partial charge in [-0.15, -0.1) is 16.5 Å². The molecular weight excluding hydrogens is 328 g/mol. The fourth-order valence-electron chi connectivity index (χ4n) is 2.62. The minimum atomic E-state index is 0.0842. The Morgan fingerprint density at radius 3 is 2.08 bits per heavy atom. The Labute approximate surface area is 152 Å². The number of aryl methyl sites for hydroxylation is 2. The van der Waals surface area contributed by atoms with Crippen molar-refractivity contribution in [3.63, 3.8) is 0 Å². The number of thiophene rings is 1. The molecule has 0 bridgehead atoms. The van der Waals surface area contributed by atoms with E-state index in [0.29, 0.717) is 0 Å². The van der Waals surface area contributed by atoms with Crippen LogP contribution in [0.3, 0.4) is 0 Å². The van der Waals surface area contributed by atoms with Gasteiger partial charge < -0.3 is 0 Å². The van der Waals surface area contributed by atoms with Gasteiger partial charge in [-0.3, -0.25) is 4.79 Å². The minimum absolute atomic E-state index is 0.0842. The molecule has 0 radical (unpaired) electrons. The topological polar surface area (TPSA) is 41.8 Å². The lowest BCUT2D eigenvalue weighted by atomic mass is 9.94. The van der Waals surface area contributed by atoms with Crippen molar-refractivity contribution in [3.8, 4) is 0 Å². The Bertz CT molecular complexity index is 917. The molecule has 0 aliphatic heterocycles. The molecule has 1 aromatic heterocycles. The van der Waals surface area contributed by atoms with Crippen LogP contribution in [-0.4, -0.2) is 5.78 Å². The Balaban J connectivity index is 2.09. The average molecular weight is 348 g/mol. The zero-order valence-corrected chi connectivity index (χ0v) is 15.6. The van der Waals surface area contributed by atoms with Crippen LogP contribution in [0.15, 0.2) is 75.5 Å². The summed E-state index contributed by atoms with van der Waals surface area (Å²) >= 11 is 1.68. The van der Waals surface area contributed by atoms with Gasteiger partial charge in [0.1, 0.15) is 5.70 Å². The number of benzene rings is 1. The number of allylic oxidation sites excluding steroid dienone is 5. The molecule has 0 saturated carbocycles. The molecule has 0 spiro atoms. The van der Waals surface area contributed by atoms with E-state index in [2.05, 4.69) is 29.3 Å². The predicted molar refractivity (Wildman–Crippen MR) is 104 cm³/mol. The largest absolute Gasteiger partial charge is 0.289 e. The summed E-state index contributed by atoms with van der Waals surface area (Å²) in [5.41, 5.74) is 5.18. The number of hydrogen-bond donors (Lipinski definition) is 0. The van der Waals surface area contributed by atoms with Crippen molar-refractivity contribution >= 4 is 28.5 Å². The predicted octanol–water partition coefficient (Wildman–Crippen LogP) is 6.34. The molecule has 1 aliphatic carbocycles. The lowest BCUT2D eigenvalue weighted by Crippen LogP contribution is -2.06. The molecule has 0 N–H and O–H groups in total. The minimum Gasteiger partial charge on any atom is -0.289 e. The first-order chi connectivity index (χ1) is 11.9. The van der Waals surface area contributed by atoms with Gasteiger partial charge in [0.05, 0.1) is 10.6 Å². The first kappa shape index (κ1) is 17.2. The van der Waals surface area contributed by atoms with Crippen LogP contribution in [0.4, 0.5) is 5.69 Å². The lowest BCUT2D eigenvalue weighted by Gasteiger charge is -2.11. The number of Topliss-reactive ketones (excluding diaryl/α,β-unsaturated/α-hetero) is 1. The van der Waals surface area contributed by atoms with E-state index in [1.165, 1.54) is 10.4 Å². The molecular formula is C21H20N2OS. The van der Waals surface area contributed by atoms with E-state index in [4.69, 9.17) is 0 Å². The summed E-state index contributed by atoms with van der Waals surface area (Å²) in [5.74, 6) is 0.0842. The van der Waals surface area contributed by atoms with E-state index in [1.54, 1.807) is 11.3 Å². The summed E-state index contributed by atoms with van der Waals surface area (Å²) in [6.45, 7) is 7.80. The fourth-order valence-corrected chi connectivity index (χ4v) is 3.49. The number of hydrogen-bond acceptors (Lipinski definition) is 4. The van der Waals surface area contributed by atoms with Gasteiger partial charge in [-0.2, -0.15) is 5.11 Å². The summed E-state index contributed by atoms with van der Waals surface area (Å²) in [5, 5.41) is 8.95. The smallest absolute Gasteiger partial charge is 0.184 e. The Morgan fingerprint density at radius 1 is 0.880 bits per heavy atom. The van der Waals surface area contributed by atoms with Crippen molar-refractivity contribution in [2.45, 2.75) is 27.7 Å². The highest BCUT2D eigenvalue weighted by Gasteiger charge is 2.17. The summed E-state index contributed by atoms with van der Waals surface area (Å²) in [7, 11) is 0. The van der Waals surface area contributed by atoms with E-state index >= 15 is 0 Å². The third-order valence-corrected chi connectivity index (χ3v) is 5.01. The van der Waals surface area contributed by atoms with Crippen LogP contribution in [0.1, 0.15) is 29.2 Å². The van der Waals surface area contributed by atoms with Gasteiger partial charge in [0.15, 0.2) is 5.78 Å². The quantitative estimate of drug-likeness (QED) is 0.597. The highest BCUT2D eigenvalue weighted by Crippen LogP contribution is 2.32. The van der Waals surface area contributed by atoms with Gasteiger partial charge in [-0.1, -0.05) is 17.7 Å². The van der Waals surface area contributed by atoms with Crippen LogP contribution in [0.25, 0.3) is 5.70 Å². The van der Waals surface area contributed by atoms with Crippen LogP contribution in [0, 0.1) is 13.8 Å². The van der Waals surface area contributed by atoms with Gasteiger partial charge in [0.25, 0.3) is 0 Å². The van der Waals surface area contributed by atoms with E-state index in [-0.39, 0.29) is 5.78 Å². The number of carbonyl (C=O) groups is 1. The summed E-state index contributed by atoms with van der Waals surface area (Å²) in [6.07, 6.45) is 3.79. The van der Waals surface area contributed by atoms with Crippen molar-refractivity contribution < 1.29 is 4.79 Å². The highest BCUT2D eigenvalue weighted by molar-refractivity contribution is 7.13. The van der Waals surface area contributed by atoms with Crippen LogP contribution >= 0.6 is 11.3 Å². The maximum Gasteiger partial charge on any atom is 0.184 e. The van der Waals surface area contributed by atoms with Crippen molar-refractivity contribution in [3.05, 3.63) is 80.6 Å². The molecule has 0 saturated heterocycles. The van der Waals surface area contributed by atoms with Crippen molar-refractivity contribution in [1.82, 2.24) is 0 Å². The molecule has 1 aromatic carbocycles. The monoisotopic (exact) mass is 348 g/mol. The van der Waals surface area contributed by atoms with Crippen LogP contribution in [0.5, 0.6) is 0 Å². The Hall–Kier alpha value is -2.59. The standard InChI is InChI=1S/C21H20N2OS/c1-13-5-8-18(9-6-13)22-23-20(19-10-7-16(4)25-19)17-11-14(2)21(24)15(3)12-17/h5-12H,1-4H3. The zero-order chi connectivity index (χ0) is 18.0. The van der Waals surface area contributed by atoms with Crippen LogP contribution in [-0.2, 0) is 4.79 Å². The van der Waals surface area contributed by atoms with Gasteiger partial charge in [-0.25, -0.2) is 0 Å². The molecule has 0 fully saturated rings. The molecule has 3 nitrogen and oxygen atoms in total. The summed E-state index contributed by atoms with van der Waals surface area (Å²) in [4.78, 5) is 14.3. The second-order valence-electron chi connectivity index (χ2n) is 6.23. The van der Waals surface area contributed by atoms with Gasteiger partial charge in [0, 0.05) is 10.5 Å². The molecule has 0 amide bonds. The van der Waals surface area contributed by atoms with Crippen molar-refractivity contribution in [1.29, 1.82) is 0 Å². The number of ketones is 1. The lowest BCUT2D eigenvalue weighted by molar-refractivity contribution is -0.112. The normalized spacial score (nSPS) is 14.7. The van der Waals surface area contributed by atoms with E-state index in [9.17, 15) is 4.79 Å². The van der Waals surface area contributed by atoms with Crippen LogP contribution < -0.4 is 0 Å². The third kappa shape index (κ3) is 3.91. The van der Waals surface area contributed by atoms with Gasteiger partial charge >= 0.3 is 0 Å². The van der Waals surface area contributed by atoms with Crippen LogP contribution in [0.2, 0.25) is 0 Å². The molecule has 4 heteroatoms. The van der Waals surface area contributed by atoms with Crippen molar-refractivity contribution in [2.24, 2.45) is 10.2 Å². The van der Waals surface area contributed by atoms with E-state index in [0.717, 1.165) is 33.0 Å². The fraction of sp³-hybridized carbons (Fsp3) is 0.190. The number of rotatable bonds is 3. The first-order valence-corrected chi connectivity index (χ1v) is 8.96. The number of azo groups is 1. The molecule has 3 rings (SSSR count). The maximum atomic E-state index is 12.0. The molecule has 25 heavy (non-hydrogen) atoms. The number of carbonyl (C=O) groups excluding carboxylic acids is 1. The maximum absolute atomic E-state index is 12.0. The molecule has 0 unspecified atom stereocenters. The second-order valence-corrected chi connectivity index (χ2v) is 7.52. The average Bonchev–Trinajstić information content (AvgIpc) is 3.00. The molecule has 1 heterocycles. The Morgan fingerprint density at radius 2 is 1.52 bits per heavy atom. The van der Waals surface area contributed by atoms with Gasteiger partial charge in [0.2, 0.25) is 0 Å². The zero-order valence-electron chi connectivity index (χ0n) is 14.8. The molecule has 126 valence electrons. The summed E-state index contributed by atoms with van der Waals surface area (Å²) < 4.78 is 0. The highest BCUT2D eigenvalue weighted by atomic mass is 32.1. The molecule has 1 aliphatic rings. The van der Waals surface area contributed by atoms with Gasteiger partial charge in [-0.05, 0) is 75.3 Å².